The van der Waals surface area contributed by atoms with Gasteiger partial charge in [0.2, 0.25) is 11.8 Å². The lowest BCUT2D eigenvalue weighted by molar-refractivity contribution is -0.172. The fourth-order valence-corrected chi connectivity index (χ4v) is 3.02. The molecular weight excluding hydrogens is 287 g/mol. The number of nitrogens with one attached hydrogen (secondary N) is 2. The van der Waals surface area contributed by atoms with Crippen LogP contribution in [0.1, 0.15) is 26.7 Å². The van der Waals surface area contributed by atoms with Gasteiger partial charge in [-0.25, -0.2) is 0 Å². The first-order chi connectivity index (χ1) is 9.68. The molecule has 0 aromatic carbocycles. The summed E-state index contributed by atoms with van der Waals surface area (Å²) in [6, 6.07) is -1.63. The van der Waals surface area contributed by atoms with Crippen molar-refractivity contribution in [3.63, 3.8) is 0 Å². The van der Waals surface area contributed by atoms with Gasteiger partial charge >= 0.3 is 6.18 Å². The van der Waals surface area contributed by atoms with Gasteiger partial charge in [0.25, 0.3) is 0 Å². The Bertz CT molecular complexity index is 417. The molecule has 0 aliphatic carbocycles. The van der Waals surface area contributed by atoms with Gasteiger partial charge in [-0.2, -0.15) is 13.2 Å². The standard InChI is InChI=1S/C13H20F3N3O2/c1-7-5-19(6-8(2)17-7)12(21)9-3-4-10(13(14,15)16)18-11(9)20/h7-10,17H,3-6H2,1-2H3,(H,18,20)/t7-,8-,9-,10+/m1/s1. The van der Waals surface area contributed by atoms with Gasteiger partial charge in [0.1, 0.15) is 12.0 Å². The summed E-state index contributed by atoms with van der Waals surface area (Å²) in [5, 5.41) is 5.18. The number of carbonyl (C=O) groups excluding carboxylic acids is 2. The highest BCUT2D eigenvalue weighted by atomic mass is 19.4. The Morgan fingerprint density at radius 2 is 1.76 bits per heavy atom. The number of nitrogens with zero attached hydrogens (tertiary/aromatic N) is 1. The summed E-state index contributed by atoms with van der Waals surface area (Å²) in [4.78, 5) is 25.8. The summed E-state index contributed by atoms with van der Waals surface area (Å²) in [6.07, 6.45) is -4.76. The molecule has 5 nitrogen and oxygen atoms in total. The summed E-state index contributed by atoms with van der Waals surface area (Å²) in [6.45, 7) is 4.79. The van der Waals surface area contributed by atoms with Crippen LogP contribution < -0.4 is 10.6 Å². The highest BCUT2D eigenvalue weighted by Crippen LogP contribution is 2.29. The van der Waals surface area contributed by atoms with Crippen molar-refractivity contribution < 1.29 is 22.8 Å². The predicted molar refractivity (Wildman–Crippen MR) is 69.3 cm³/mol. The normalized spacial score (nSPS) is 34.5. The van der Waals surface area contributed by atoms with Gasteiger partial charge in [-0.3, -0.25) is 9.59 Å². The van der Waals surface area contributed by atoms with Gasteiger partial charge < -0.3 is 15.5 Å². The maximum atomic E-state index is 12.6. The van der Waals surface area contributed by atoms with Crippen LogP contribution in [0.15, 0.2) is 0 Å². The van der Waals surface area contributed by atoms with E-state index in [2.05, 4.69) is 5.32 Å². The lowest BCUT2D eigenvalue weighted by Crippen LogP contribution is -2.60. The molecule has 0 unspecified atom stereocenters. The Morgan fingerprint density at radius 1 is 1.19 bits per heavy atom. The van der Waals surface area contributed by atoms with Gasteiger partial charge in [0.15, 0.2) is 0 Å². The van der Waals surface area contributed by atoms with Crippen LogP contribution in [0, 0.1) is 5.92 Å². The summed E-state index contributed by atoms with van der Waals surface area (Å²) in [5.74, 6) is -2.18. The fraction of sp³-hybridized carbons (Fsp3) is 0.846. The molecule has 0 aromatic rings. The average molecular weight is 307 g/mol. The molecule has 120 valence electrons. The van der Waals surface area contributed by atoms with E-state index in [0.717, 1.165) is 0 Å². The smallest absolute Gasteiger partial charge is 0.344 e. The van der Waals surface area contributed by atoms with E-state index in [0.29, 0.717) is 13.1 Å². The van der Waals surface area contributed by atoms with E-state index in [4.69, 9.17) is 0 Å². The average Bonchev–Trinajstić information content (AvgIpc) is 2.35. The molecule has 0 spiro atoms. The lowest BCUT2D eigenvalue weighted by Gasteiger charge is -2.39. The second-order valence-electron chi connectivity index (χ2n) is 5.94. The Hall–Kier alpha value is -1.31. The number of rotatable bonds is 1. The third-order valence-corrected chi connectivity index (χ3v) is 3.94. The maximum Gasteiger partial charge on any atom is 0.408 e. The van der Waals surface area contributed by atoms with E-state index in [-0.39, 0.29) is 30.8 Å². The van der Waals surface area contributed by atoms with Gasteiger partial charge in [0.05, 0.1) is 0 Å². The minimum absolute atomic E-state index is 0.0540. The molecule has 2 N–H and O–H groups in total. The molecule has 4 atom stereocenters. The fourth-order valence-electron chi connectivity index (χ4n) is 3.02. The minimum Gasteiger partial charge on any atom is -0.344 e. The number of halogens is 3. The van der Waals surface area contributed by atoms with Crippen LogP contribution in [0.25, 0.3) is 0 Å². The molecule has 0 aromatic heterocycles. The van der Waals surface area contributed by atoms with Crippen LogP contribution in [0.4, 0.5) is 13.2 Å². The monoisotopic (exact) mass is 307 g/mol. The molecule has 8 heteroatoms. The molecule has 21 heavy (non-hydrogen) atoms. The topological polar surface area (TPSA) is 61.4 Å². The van der Waals surface area contributed by atoms with Crippen molar-refractivity contribution in [1.29, 1.82) is 0 Å². The van der Waals surface area contributed by atoms with E-state index >= 15 is 0 Å². The number of alkyl halides is 3. The Kier molecular flexibility index (Phi) is 4.46. The van der Waals surface area contributed by atoms with Crippen LogP contribution in [0.2, 0.25) is 0 Å². The third-order valence-electron chi connectivity index (χ3n) is 3.94. The van der Waals surface area contributed by atoms with Crippen molar-refractivity contribution in [3.8, 4) is 0 Å². The van der Waals surface area contributed by atoms with E-state index in [1.165, 1.54) is 0 Å². The molecule has 0 bridgehead atoms. The number of piperazine rings is 1. The third kappa shape index (κ3) is 3.66. The van der Waals surface area contributed by atoms with Crippen molar-refractivity contribution in [2.45, 2.75) is 51.0 Å². The molecule has 2 heterocycles. The first-order valence-corrected chi connectivity index (χ1v) is 7.10. The zero-order valence-corrected chi connectivity index (χ0v) is 12.0. The van der Waals surface area contributed by atoms with Crippen LogP contribution in [-0.4, -0.2) is 54.1 Å². The van der Waals surface area contributed by atoms with Crippen molar-refractivity contribution in [1.82, 2.24) is 15.5 Å². The molecule has 2 aliphatic heterocycles. The van der Waals surface area contributed by atoms with Gasteiger partial charge in [-0.15, -0.1) is 0 Å². The molecule has 2 amide bonds. The van der Waals surface area contributed by atoms with Gasteiger partial charge in [-0.1, -0.05) is 0 Å². The summed E-state index contributed by atoms with van der Waals surface area (Å²) >= 11 is 0. The first kappa shape index (κ1) is 16.1. The molecule has 2 fully saturated rings. The van der Waals surface area contributed by atoms with Crippen molar-refractivity contribution >= 4 is 11.8 Å². The van der Waals surface area contributed by atoms with Crippen LogP contribution in [0.3, 0.4) is 0 Å². The SMILES string of the molecule is C[C@@H]1CN(C(=O)[C@@H]2CC[C@@H](C(F)(F)F)NC2=O)C[C@@H](C)N1. The van der Waals surface area contributed by atoms with E-state index in [1.54, 1.807) is 4.90 Å². The lowest BCUT2D eigenvalue weighted by atomic mass is 9.91. The largest absolute Gasteiger partial charge is 0.408 e. The zero-order chi connectivity index (χ0) is 15.8. The number of piperidine rings is 1. The number of amides is 2. The number of hydrogen-bond donors (Lipinski definition) is 2. The van der Waals surface area contributed by atoms with Crippen molar-refractivity contribution in [3.05, 3.63) is 0 Å². The molecule has 2 rings (SSSR count). The van der Waals surface area contributed by atoms with Crippen molar-refractivity contribution in [2.75, 3.05) is 13.1 Å². The van der Waals surface area contributed by atoms with Gasteiger partial charge in [0, 0.05) is 25.2 Å². The number of hydrogen-bond acceptors (Lipinski definition) is 3. The molecular formula is C13H20F3N3O2. The molecule has 0 saturated carbocycles. The second kappa shape index (κ2) is 5.82. The zero-order valence-electron chi connectivity index (χ0n) is 12.0. The highest BCUT2D eigenvalue weighted by molar-refractivity contribution is 6.01. The number of carbonyl (C=O) groups is 2. The van der Waals surface area contributed by atoms with Gasteiger partial charge in [-0.05, 0) is 26.7 Å². The molecule has 2 saturated heterocycles. The summed E-state index contributed by atoms with van der Waals surface area (Å²) < 4.78 is 37.7. The summed E-state index contributed by atoms with van der Waals surface area (Å²) in [5.41, 5.74) is 0. The minimum atomic E-state index is -4.46. The molecule has 2 aliphatic rings. The second-order valence-corrected chi connectivity index (χ2v) is 5.94. The molecule has 0 radical (unpaired) electrons. The Balaban J connectivity index is 1.99. The summed E-state index contributed by atoms with van der Waals surface area (Å²) in [7, 11) is 0. The maximum absolute atomic E-state index is 12.6. The van der Waals surface area contributed by atoms with E-state index < -0.39 is 24.0 Å². The Morgan fingerprint density at radius 3 is 2.24 bits per heavy atom. The predicted octanol–water partition coefficient (Wildman–Crippen LogP) is 0.652. The quantitative estimate of drug-likeness (QED) is 0.699. The van der Waals surface area contributed by atoms with Crippen LogP contribution in [-0.2, 0) is 9.59 Å². The van der Waals surface area contributed by atoms with Crippen LogP contribution in [0.5, 0.6) is 0 Å². The van der Waals surface area contributed by atoms with Crippen LogP contribution >= 0.6 is 0 Å². The Labute approximate surface area is 121 Å². The van der Waals surface area contributed by atoms with E-state index in [1.807, 2.05) is 19.2 Å². The highest BCUT2D eigenvalue weighted by Gasteiger charge is 2.46. The van der Waals surface area contributed by atoms with Crippen molar-refractivity contribution in [2.24, 2.45) is 5.92 Å². The first-order valence-electron chi connectivity index (χ1n) is 7.10. The van der Waals surface area contributed by atoms with E-state index in [9.17, 15) is 22.8 Å².